The van der Waals surface area contributed by atoms with Gasteiger partial charge in [-0.2, -0.15) is 0 Å². The summed E-state index contributed by atoms with van der Waals surface area (Å²) in [6.45, 7) is 23.0. The first-order valence-corrected chi connectivity index (χ1v) is 15.6. The smallest absolute Gasteiger partial charge is 0.337 e. The lowest BCUT2D eigenvalue weighted by atomic mass is 10.2. The van der Waals surface area contributed by atoms with Crippen molar-refractivity contribution in [3.05, 3.63) is 29.8 Å². The minimum absolute atomic E-state index is 0.327. The number of methoxy groups -OCH3 is 1. The molecule has 0 aromatic heterocycles. The van der Waals surface area contributed by atoms with Gasteiger partial charge in [-0.25, -0.2) is 4.79 Å². The number of nitrogens with zero attached hydrogens (tertiary/aromatic N) is 2. The van der Waals surface area contributed by atoms with E-state index in [1.54, 1.807) is 24.3 Å². The molecule has 0 saturated carbocycles. The van der Waals surface area contributed by atoms with Crippen molar-refractivity contribution >= 4 is 5.97 Å². The molecule has 1 saturated heterocycles. The maximum Gasteiger partial charge on any atom is 0.337 e. The molecule has 1 aromatic carbocycles. The fourth-order valence-corrected chi connectivity index (χ4v) is 4.06. The van der Waals surface area contributed by atoms with E-state index in [-0.39, 0.29) is 5.97 Å². The molecule has 2 rings (SSSR count). The number of nitrogens with one attached hydrogen (secondary N) is 6. The van der Waals surface area contributed by atoms with Crippen LogP contribution in [-0.2, 0) is 4.74 Å². The van der Waals surface area contributed by atoms with Gasteiger partial charge in [0.1, 0.15) is 5.75 Å². The Morgan fingerprint density at radius 2 is 1.32 bits per heavy atom. The van der Waals surface area contributed by atoms with Crippen LogP contribution in [0.1, 0.15) is 30.6 Å². The Morgan fingerprint density at radius 1 is 0.780 bits per heavy atom. The molecule has 238 valence electrons. The van der Waals surface area contributed by atoms with E-state index in [0.29, 0.717) is 12.2 Å². The van der Waals surface area contributed by atoms with Gasteiger partial charge in [-0.05, 0) is 44.3 Å². The van der Waals surface area contributed by atoms with Crippen LogP contribution in [0.2, 0.25) is 0 Å². The second-order valence-electron chi connectivity index (χ2n) is 10.1. The third-order valence-corrected chi connectivity index (χ3v) is 6.59. The van der Waals surface area contributed by atoms with Gasteiger partial charge in [-0.1, -0.05) is 13.8 Å². The highest BCUT2D eigenvalue weighted by molar-refractivity contribution is 5.89. The summed E-state index contributed by atoms with van der Waals surface area (Å²) in [5.74, 6) is 0.451. The first-order valence-electron chi connectivity index (χ1n) is 15.6. The van der Waals surface area contributed by atoms with E-state index in [2.05, 4.69) is 60.4 Å². The Morgan fingerprint density at radius 3 is 1.83 bits per heavy atom. The molecule has 0 amide bonds. The zero-order valence-corrected chi connectivity index (χ0v) is 26.4. The van der Waals surface area contributed by atoms with Gasteiger partial charge in [0, 0.05) is 105 Å². The van der Waals surface area contributed by atoms with Gasteiger partial charge in [0.05, 0.1) is 19.3 Å². The second-order valence-corrected chi connectivity index (χ2v) is 10.1. The van der Waals surface area contributed by atoms with Gasteiger partial charge in [0.25, 0.3) is 0 Å². The topological polar surface area (TPSA) is 114 Å². The Hall–Kier alpha value is -1.83. The minimum atomic E-state index is -0.327. The lowest BCUT2D eigenvalue weighted by Crippen LogP contribution is -2.43. The van der Waals surface area contributed by atoms with Crippen molar-refractivity contribution in [1.82, 2.24) is 41.7 Å². The summed E-state index contributed by atoms with van der Waals surface area (Å²) in [6.07, 6.45) is 0.971. The van der Waals surface area contributed by atoms with Crippen molar-refractivity contribution in [3.8, 4) is 5.75 Å². The van der Waals surface area contributed by atoms with Crippen LogP contribution in [0.5, 0.6) is 5.75 Å². The number of carbonyl (C=O) groups excluding carboxylic acids is 1. The predicted octanol–water partition coefficient (Wildman–Crippen LogP) is 0.0533. The van der Waals surface area contributed by atoms with Crippen molar-refractivity contribution in [3.63, 3.8) is 0 Å². The number of likely N-dealkylation sites (N-methyl/N-ethyl adjacent to an activating group) is 2. The lowest BCUT2D eigenvalue weighted by molar-refractivity contribution is 0.0600. The Labute approximate surface area is 249 Å². The highest BCUT2D eigenvalue weighted by Crippen LogP contribution is 2.12. The predicted molar refractivity (Wildman–Crippen MR) is 170 cm³/mol. The van der Waals surface area contributed by atoms with E-state index >= 15 is 0 Å². The number of carbonyl (C=O) groups is 1. The first-order chi connectivity index (χ1) is 20.1. The highest BCUT2D eigenvalue weighted by atomic mass is 16.5. The van der Waals surface area contributed by atoms with Crippen molar-refractivity contribution in [2.45, 2.75) is 20.3 Å². The fraction of sp³-hybridized carbons (Fsp3) is 0.767. The molecule has 0 aliphatic carbocycles. The van der Waals surface area contributed by atoms with Crippen molar-refractivity contribution in [1.29, 1.82) is 0 Å². The van der Waals surface area contributed by atoms with Gasteiger partial charge in [-0.15, -0.1) is 0 Å². The first kappa shape index (κ1) is 37.2. The van der Waals surface area contributed by atoms with Crippen molar-refractivity contribution in [2.24, 2.45) is 0 Å². The molecule has 6 N–H and O–H groups in total. The standard InChI is InChI=1S/C19H46N8.C11H14O3/c1-3-20-4-5-23-12-17-27-18-13-24-8-6-21-10-15-26(2)16-11-22-7-9-25-14-19-27;1-3-8-14-10-6-4-9(5-7-10)11(12)13-2/h20-25H,3-19H2,1-2H3;4-7H,3,8H2,1-2H3. The molecule has 0 spiro atoms. The molecule has 1 aromatic rings. The molecule has 1 fully saturated rings. The quantitative estimate of drug-likeness (QED) is 0.158. The maximum atomic E-state index is 11.1. The SMILES string of the molecule is CCCOc1ccc(C(=O)OC)cc1.CCNCCNCCN1CCNCCNCCN(C)CCNCCNCC1. The zero-order chi connectivity index (χ0) is 29.8. The average molecular weight is 581 g/mol. The normalized spacial score (nSPS) is 17.5. The van der Waals surface area contributed by atoms with Crippen LogP contribution < -0.4 is 36.6 Å². The van der Waals surface area contributed by atoms with Crippen molar-refractivity contribution in [2.75, 3.05) is 132 Å². The van der Waals surface area contributed by atoms with E-state index in [0.717, 1.165) is 123 Å². The Balaban J connectivity index is 0.000000502. The third-order valence-electron chi connectivity index (χ3n) is 6.59. The van der Waals surface area contributed by atoms with Crippen LogP contribution in [0, 0.1) is 0 Å². The van der Waals surface area contributed by atoms with Crippen LogP contribution in [0.3, 0.4) is 0 Å². The molecule has 0 unspecified atom stereocenters. The second kappa shape index (κ2) is 27.0. The summed E-state index contributed by atoms with van der Waals surface area (Å²) < 4.78 is 9.95. The van der Waals surface area contributed by atoms with E-state index in [9.17, 15) is 4.79 Å². The van der Waals surface area contributed by atoms with Crippen LogP contribution in [0.15, 0.2) is 24.3 Å². The summed E-state index contributed by atoms with van der Waals surface area (Å²) >= 11 is 0. The average Bonchev–Trinajstić information content (AvgIpc) is 2.99. The lowest BCUT2D eigenvalue weighted by Gasteiger charge is -2.23. The summed E-state index contributed by atoms with van der Waals surface area (Å²) in [5.41, 5.74) is 0.538. The van der Waals surface area contributed by atoms with Crippen LogP contribution >= 0.6 is 0 Å². The summed E-state index contributed by atoms with van der Waals surface area (Å²) in [4.78, 5) is 16.0. The van der Waals surface area contributed by atoms with E-state index in [1.807, 2.05) is 6.92 Å². The van der Waals surface area contributed by atoms with E-state index in [4.69, 9.17) is 4.74 Å². The molecule has 0 radical (unpaired) electrons. The highest BCUT2D eigenvalue weighted by Gasteiger charge is 2.05. The van der Waals surface area contributed by atoms with Gasteiger partial charge in [-0.3, -0.25) is 4.90 Å². The van der Waals surface area contributed by atoms with E-state index < -0.39 is 0 Å². The molecular formula is C30H60N8O3. The minimum Gasteiger partial charge on any atom is -0.494 e. The Kier molecular flexibility index (Phi) is 24.5. The largest absolute Gasteiger partial charge is 0.494 e. The molecule has 1 heterocycles. The number of hydrogen-bond acceptors (Lipinski definition) is 11. The number of rotatable bonds is 11. The summed E-state index contributed by atoms with van der Waals surface area (Å²) in [5, 5.41) is 21.1. The fourth-order valence-electron chi connectivity index (χ4n) is 4.06. The van der Waals surface area contributed by atoms with Crippen LogP contribution in [-0.4, -0.2) is 148 Å². The molecule has 11 nitrogen and oxygen atoms in total. The molecule has 1 aliphatic rings. The summed E-state index contributed by atoms with van der Waals surface area (Å²) in [6, 6.07) is 6.91. The molecular weight excluding hydrogens is 520 g/mol. The molecule has 41 heavy (non-hydrogen) atoms. The monoisotopic (exact) mass is 580 g/mol. The van der Waals surface area contributed by atoms with Gasteiger partial charge < -0.3 is 46.3 Å². The van der Waals surface area contributed by atoms with Gasteiger partial charge >= 0.3 is 5.97 Å². The molecule has 11 heteroatoms. The number of hydrogen-bond donors (Lipinski definition) is 6. The number of ether oxygens (including phenoxy) is 2. The van der Waals surface area contributed by atoms with Gasteiger partial charge in [0.15, 0.2) is 0 Å². The molecule has 0 atom stereocenters. The number of esters is 1. The maximum absolute atomic E-state index is 11.1. The Bertz CT molecular complexity index is 706. The zero-order valence-electron chi connectivity index (χ0n) is 26.4. The molecule has 0 bridgehead atoms. The van der Waals surface area contributed by atoms with E-state index in [1.165, 1.54) is 7.11 Å². The van der Waals surface area contributed by atoms with Crippen molar-refractivity contribution < 1.29 is 14.3 Å². The number of benzene rings is 1. The third kappa shape index (κ3) is 21.5. The van der Waals surface area contributed by atoms with Crippen LogP contribution in [0.4, 0.5) is 0 Å². The van der Waals surface area contributed by atoms with Crippen LogP contribution in [0.25, 0.3) is 0 Å². The summed E-state index contributed by atoms with van der Waals surface area (Å²) in [7, 11) is 3.56. The molecule has 1 aliphatic heterocycles. The van der Waals surface area contributed by atoms with Gasteiger partial charge in [0.2, 0.25) is 0 Å².